The van der Waals surface area contributed by atoms with Crippen molar-refractivity contribution in [2.24, 2.45) is 0 Å². The molecule has 6 nitrogen and oxygen atoms in total. The van der Waals surface area contributed by atoms with Crippen molar-refractivity contribution in [3.8, 4) is 5.75 Å². The summed E-state index contributed by atoms with van der Waals surface area (Å²) in [5.41, 5.74) is 0.286. The molecule has 0 aliphatic carbocycles. The van der Waals surface area contributed by atoms with E-state index < -0.39 is 5.97 Å². The smallest absolute Gasteiger partial charge is 0.339 e. The van der Waals surface area contributed by atoms with E-state index in [0.29, 0.717) is 18.5 Å². The number of hydrogen-bond donors (Lipinski definition) is 3. The molecule has 3 N–H and O–H groups in total. The van der Waals surface area contributed by atoms with Crippen LogP contribution in [0.4, 0.5) is 5.69 Å². The number of halogens is 1. The van der Waals surface area contributed by atoms with Crippen molar-refractivity contribution in [3.05, 3.63) is 22.7 Å². The second kappa shape index (κ2) is 7.80. The van der Waals surface area contributed by atoms with E-state index in [-0.39, 0.29) is 27.4 Å². The van der Waals surface area contributed by atoms with Gasteiger partial charge in [0.05, 0.1) is 17.8 Å². The molecule has 0 aliphatic heterocycles. The second-order valence-electron chi connectivity index (χ2n) is 4.09. The van der Waals surface area contributed by atoms with Crippen LogP contribution in [0.3, 0.4) is 0 Å². The van der Waals surface area contributed by atoms with Gasteiger partial charge in [-0.25, -0.2) is 4.79 Å². The zero-order valence-corrected chi connectivity index (χ0v) is 13.1. The summed E-state index contributed by atoms with van der Waals surface area (Å²) in [5, 5.41) is 14.5. The Labute approximate surface area is 132 Å². The van der Waals surface area contributed by atoms with E-state index in [2.05, 4.69) is 10.6 Å². The molecule has 8 heteroatoms. The lowest BCUT2D eigenvalue weighted by Crippen LogP contribution is -2.33. The fraction of sp³-hybridized carbons (Fsp3) is 0.308. The van der Waals surface area contributed by atoms with E-state index in [1.165, 1.54) is 19.2 Å². The van der Waals surface area contributed by atoms with Crippen LogP contribution in [0.15, 0.2) is 12.1 Å². The van der Waals surface area contributed by atoms with Gasteiger partial charge in [-0.15, -0.1) is 0 Å². The summed E-state index contributed by atoms with van der Waals surface area (Å²) in [6, 6.07) is 2.66. The van der Waals surface area contributed by atoms with Gasteiger partial charge in [-0.3, -0.25) is 4.79 Å². The second-order valence-corrected chi connectivity index (χ2v) is 4.91. The quantitative estimate of drug-likeness (QED) is 0.719. The maximum Gasteiger partial charge on any atom is 0.339 e. The van der Waals surface area contributed by atoms with Gasteiger partial charge >= 0.3 is 5.97 Å². The lowest BCUT2D eigenvalue weighted by molar-refractivity contribution is -0.119. The van der Waals surface area contributed by atoms with Gasteiger partial charge in [0.15, 0.2) is 5.11 Å². The van der Waals surface area contributed by atoms with Crippen molar-refractivity contribution in [2.45, 2.75) is 19.8 Å². The first-order valence-electron chi connectivity index (χ1n) is 6.10. The number of carbonyl (C=O) groups is 2. The molecule has 0 saturated heterocycles. The fourth-order valence-electron chi connectivity index (χ4n) is 1.55. The minimum absolute atomic E-state index is 0.0611. The van der Waals surface area contributed by atoms with Crippen molar-refractivity contribution in [3.63, 3.8) is 0 Å². The minimum Gasteiger partial charge on any atom is -0.496 e. The summed E-state index contributed by atoms with van der Waals surface area (Å²) in [6.45, 7) is 1.88. The highest BCUT2D eigenvalue weighted by Crippen LogP contribution is 2.30. The molecule has 0 saturated carbocycles. The normalized spacial score (nSPS) is 9.86. The average Bonchev–Trinajstić information content (AvgIpc) is 2.40. The summed E-state index contributed by atoms with van der Waals surface area (Å²) < 4.78 is 4.99. The summed E-state index contributed by atoms with van der Waals surface area (Å²) in [6.07, 6.45) is 1.06. The SMILES string of the molecule is CCCC(=O)NC(=S)Nc1cc(OC)c(C(=O)O)cc1Cl. The molecule has 1 aromatic rings. The number of methoxy groups -OCH3 is 1. The van der Waals surface area contributed by atoms with Gasteiger partial charge in [0.25, 0.3) is 0 Å². The lowest BCUT2D eigenvalue weighted by atomic mass is 10.2. The molecule has 0 unspecified atom stereocenters. The molecule has 0 aromatic heterocycles. The Morgan fingerprint density at radius 3 is 2.62 bits per heavy atom. The maximum atomic E-state index is 11.4. The number of hydrogen-bond acceptors (Lipinski definition) is 4. The standard InChI is InChI=1S/C13H15ClN2O4S/c1-3-4-11(17)16-13(21)15-9-6-10(20-2)7(12(18)19)5-8(9)14/h5-6H,3-4H2,1-2H3,(H,18,19)(H2,15,16,17,21). The van der Waals surface area contributed by atoms with Crippen molar-refractivity contribution in [2.75, 3.05) is 12.4 Å². The molecule has 0 aliphatic rings. The fourth-order valence-corrected chi connectivity index (χ4v) is 1.99. The number of nitrogens with one attached hydrogen (secondary N) is 2. The van der Waals surface area contributed by atoms with E-state index in [1.54, 1.807) is 0 Å². The Hall–Kier alpha value is -1.86. The van der Waals surface area contributed by atoms with Crippen molar-refractivity contribution >= 4 is 46.5 Å². The molecule has 0 heterocycles. The average molecular weight is 331 g/mol. The van der Waals surface area contributed by atoms with Gasteiger partial charge in [-0.2, -0.15) is 0 Å². The first-order chi connectivity index (χ1) is 9.88. The summed E-state index contributed by atoms with van der Waals surface area (Å²) in [5.74, 6) is -1.23. The van der Waals surface area contributed by atoms with Crippen LogP contribution in [0.5, 0.6) is 5.75 Å². The predicted molar refractivity (Wildman–Crippen MR) is 84.2 cm³/mol. The number of benzene rings is 1. The van der Waals surface area contributed by atoms with E-state index in [1.807, 2.05) is 6.92 Å². The molecule has 0 bridgehead atoms. The van der Waals surface area contributed by atoms with Crippen LogP contribution in [0, 0.1) is 0 Å². The Morgan fingerprint density at radius 1 is 1.43 bits per heavy atom. The molecular formula is C13H15ClN2O4S. The molecular weight excluding hydrogens is 316 g/mol. The third kappa shape index (κ3) is 4.87. The van der Waals surface area contributed by atoms with Crippen molar-refractivity contribution < 1.29 is 19.4 Å². The van der Waals surface area contributed by atoms with Crippen LogP contribution in [-0.2, 0) is 4.79 Å². The summed E-state index contributed by atoms with van der Waals surface area (Å²) in [4.78, 5) is 22.5. The first kappa shape index (κ1) is 17.2. The number of ether oxygens (including phenoxy) is 1. The van der Waals surface area contributed by atoms with E-state index in [9.17, 15) is 9.59 Å². The van der Waals surface area contributed by atoms with E-state index in [0.717, 1.165) is 0 Å². The van der Waals surface area contributed by atoms with Crippen LogP contribution < -0.4 is 15.4 Å². The van der Waals surface area contributed by atoms with Crippen LogP contribution in [0.2, 0.25) is 5.02 Å². The lowest BCUT2D eigenvalue weighted by Gasteiger charge is -2.13. The highest BCUT2D eigenvalue weighted by atomic mass is 35.5. The van der Waals surface area contributed by atoms with Gasteiger partial charge in [0.2, 0.25) is 5.91 Å². The van der Waals surface area contributed by atoms with Crippen LogP contribution in [0.1, 0.15) is 30.1 Å². The zero-order chi connectivity index (χ0) is 16.0. The highest BCUT2D eigenvalue weighted by molar-refractivity contribution is 7.80. The summed E-state index contributed by atoms with van der Waals surface area (Å²) in [7, 11) is 1.35. The number of aromatic carboxylic acids is 1. The van der Waals surface area contributed by atoms with Gasteiger partial charge < -0.3 is 20.5 Å². The molecule has 0 fully saturated rings. The third-order valence-electron chi connectivity index (χ3n) is 2.50. The van der Waals surface area contributed by atoms with Gasteiger partial charge in [0, 0.05) is 12.5 Å². The Balaban J connectivity index is 2.91. The number of amides is 1. The van der Waals surface area contributed by atoms with Gasteiger partial charge in [-0.05, 0) is 24.7 Å². The number of anilines is 1. The van der Waals surface area contributed by atoms with Gasteiger partial charge in [-0.1, -0.05) is 18.5 Å². The Kier molecular flexibility index (Phi) is 6.39. The van der Waals surface area contributed by atoms with Crippen molar-refractivity contribution in [1.82, 2.24) is 5.32 Å². The first-order valence-corrected chi connectivity index (χ1v) is 6.89. The highest BCUT2D eigenvalue weighted by Gasteiger charge is 2.15. The monoisotopic (exact) mass is 330 g/mol. The maximum absolute atomic E-state index is 11.4. The van der Waals surface area contributed by atoms with Gasteiger partial charge in [0.1, 0.15) is 11.3 Å². The van der Waals surface area contributed by atoms with Crippen LogP contribution in [0.25, 0.3) is 0 Å². The minimum atomic E-state index is -1.15. The molecule has 0 radical (unpaired) electrons. The molecule has 21 heavy (non-hydrogen) atoms. The zero-order valence-electron chi connectivity index (χ0n) is 11.5. The Bertz CT molecular complexity index is 578. The molecule has 0 atom stereocenters. The largest absolute Gasteiger partial charge is 0.496 e. The molecule has 1 aromatic carbocycles. The van der Waals surface area contributed by atoms with Crippen molar-refractivity contribution in [1.29, 1.82) is 0 Å². The molecule has 1 amide bonds. The van der Waals surface area contributed by atoms with Crippen LogP contribution in [-0.4, -0.2) is 29.2 Å². The summed E-state index contributed by atoms with van der Waals surface area (Å²) >= 11 is 11.0. The number of thiocarbonyl (C=S) groups is 1. The molecule has 1 rings (SSSR count). The van der Waals surface area contributed by atoms with E-state index in [4.69, 9.17) is 33.7 Å². The number of carbonyl (C=O) groups excluding carboxylic acids is 1. The predicted octanol–water partition coefficient (Wildman–Crippen LogP) is 2.66. The number of rotatable bonds is 5. The van der Waals surface area contributed by atoms with E-state index >= 15 is 0 Å². The Morgan fingerprint density at radius 2 is 2.10 bits per heavy atom. The molecule has 0 spiro atoms. The number of carboxylic acids is 1. The topological polar surface area (TPSA) is 87.7 Å². The number of carboxylic acid groups (broad SMARTS) is 1. The third-order valence-corrected chi connectivity index (χ3v) is 3.01. The molecule has 114 valence electrons. The van der Waals surface area contributed by atoms with Crippen LogP contribution >= 0.6 is 23.8 Å².